The van der Waals surface area contributed by atoms with E-state index in [-0.39, 0.29) is 5.91 Å². The van der Waals surface area contributed by atoms with Crippen LogP contribution in [0.5, 0.6) is 0 Å². The summed E-state index contributed by atoms with van der Waals surface area (Å²) >= 11 is 3.32. The Bertz CT molecular complexity index is 682. The van der Waals surface area contributed by atoms with Crippen LogP contribution in [-0.4, -0.2) is 5.91 Å². The van der Waals surface area contributed by atoms with Crippen LogP contribution in [-0.2, 0) is 12.8 Å². The van der Waals surface area contributed by atoms with E-state index in [1.807, 2.05) is 6.07 Å². The first-order valence-corrected chi connectivity index (χ1v) is 7.41. The van der Waals surface area contributed by atoms with Gasteiger partial charge in [-0.3, -0.25) is 4.79 Å². The molecular weight excluding hydrogens is 316 g/mol. The van der Waals surface area contributed by atoms with E-state index in [9.17, 15) is 4.79 Å². The van der Waals surface area contributed by atoms with Crippen molar-refractivity contribution in [1.82, 2.24) is 0 Å². The Labute approximate surface area is 126 Å². The van der Waals surface area contributed by atoms with Gasteiger partial charge in [-0.25, -0.2) is 0 Å². The third kappa shape index (κ3) is 2.56. The summed E-state index contributed by atoms with van der Waals surface area (Å²) in [5.41, 5.74) is 10.5. The highest BCUT2D eigenvalue weighted by Crippen LogP contribution is 2.25. The highest BCUT2D eigenvalue weighted by atomic mass is 79.9. The van der Waals surface area contributed by atoms with Crippen LogP contribution in [0.2, 0.25) is 0 Å². The normalized spacial score (nSPS) is 13.1. The molecule has 0 radical (unpaired) electrons. The molecule has 4 heteroatoms. The molecule has 20 heavy (non-hydrogen) atoms. The molecule has 2 aromatic rings. The van der Waals surface area contributed by atoms with E-state index in [2.05, 4.69) is 33.4 Å². The van der Waals surface area contributed by atoms with Crippen LogP contribution in [0.1, 0.15) is 27.9 Å². The maximum absolute atomic E-state index is 12.2. The summed E-state index contributed by atoms with van der Waals surface area (Å²) in [4.78, 5) is 12.2. The molecule has 102 valence electrons. The number of rotatable bonds is 2. The van der Waals surface area contributed by atoms with E-state index in [1.54, 1.807) is 18.2 Å². The first kappa shape index (κ1) is 13.2. The van der Waals surface area contributed by atoms with Gasteiger partial charge in [0, 0.05) is 21.4 Å². The smallest absolute Gasteiger partial charge is 0.255 e. The van der Waals surface area contributed by atoms with E-state index in [1.165, 1.54) is 17.5 Å². The van der Waals surface area contributed by atoms with Gasteiger partial charge in [0.1, 0.15) is 0 Å². The minimum atomic E-state index is -0.137. The lowest BCUT2D eigenvalue weighted by molar-refractivity contribution is 0.102. The Hall–Kier alpha value is -1.81. The van der Waals surface area contributed by atoms with Crippen LogP contribution < -0.4 is 11.1 Å². The van der Waals surface area contributed by atoms with Gasteiger partial charge in [-0.2, -0.15) is 0 Å². The summed E-state index contributed by atoms with van der Waals surface area (Å²) in [6, 6.07) is 11.4. The number of carbonyl (C=O) groups is 1. The fraction of sp³-hybridized carbons (Fsp3) is 0.188. The predicted molar refractivity (Wildman–Crippen MR) is 85.0 cm³/mol. The Morgan fingerprint density at radius 2 is 1.90 bits per heavy atom. The Kier molecular flexibility index (Phi) is 3.49. The molecule has 0 bridgehead atoms. The summed E-state index contributed by atoms with van der Waals surface area (Å²) in [6.07, 6.45) is 3.45. The lowest BCUT2D eigenvalue weighted by Crippen LogP contribution is -2.12. The van der Waals surface area contributed by atoms with Crippen LogP contribution in [0.25, 0.3) is 0 Å². The highest BCUT2D eigenvalue weighted by molar-refractivity contribution is 9.10. The molecule has 3 nitrogen and oxygen atoms in total. The number of nitrogen functional groups attached to an aromatic ring is 1. The molecule has 0 aliphatic heterocycles. The first-order valence-electron chi connectivity index (χ1n) is 6.61. The summed E-state index contributed by atoms with van der Waals surface area (Å²) < 4.78 is 0.798. The topological polar surface area (TPSA) is 55.1 Å². The van der Waals surface area contributed by atoms with Crippen molar-refractivity contribution in [3.05, 3.63) is 57.6 Å². The van der Waals surface area contributed by atoms with Crippen LogP contribution in [0.15, 0.2) is 40.9 Å². The van der Waals surface area contributed by atoms with Crippen LogP contribution >= 0.6 is 15.9 Å². The lowest BCUT2D eigenvalue weighted by Gasteiger charge is -2.08. The fourth-order valence-electron chi connectivity index (χ4n) is 2.54. The molecule has 3 N–H and O–H groups in total. The molecule has 1 amide bonds. The van der Waals surface area contributed by atoms with Gasteiger partial charge in [0.15, 0.2) is 0 Å². The van der Waals surface area contributed by atoms with Crippen molar-refractivity contribution in [1.29, 1.82) is 0 Å². The van der Waals surface area contributed by atoms with Crippen molar-refractivity contribution >= 4 is 33.2 Å². The number of amides is 1. The number of anilines is 2. The molecule has 0 saturated carbocycles. The Morgan fingerprint density at radius 1 is 1.10 bits per heavy atom. The molecule has 3 rings (SSSR count). The molecule has 0 aromatic heterocycles. The highest BCUT2D eigenvalue weighted by Gasteiger charge is 2.13. The number of nitrogens with two attached hydrogens (primary N) is 1. The molecule has 0 unspecified atom stereocenters. The predicted octanol–water partition coefficient (Wildman–Crippen LogP) is 3.77. The zero-order chi connectivity index (χ0) is 14.1. The fourth-order valence-corrected chi connectivity index (χ4v) is 2.78. The standard InChI is InChI=1S/C16H15BrN2O/c17-14-7-5-12(9-15(14)18)16(20)19-13-6-4-10-2-1-3-11(10)8-13/h4-9H,1-3,18H2,(H,19,20). The zero-order valence-corrected chi connectivity index (χ0v) is 12.5. The Balaban J connectivity index is 1.80. The number of halogens is 1. The summed E-state index contributed by atoms with van der Waals surface area (Å²) in [6.45, 7) is 0. The zero-order valence-electron chi connectivity index (χ0n) is 10.9. The average Bonchev–Trinajstić information content (AvgIpc) is 2.89. The second-order valence-electron chi connectivity index (χ2n) is 5.03. The van der Waals surface area contributed by atoms with Crippen LogP contribution in [0, 0.1) is 0 Å². The van der Waals surface area contributed by atoms with E-state index in [0.717, 1.165) is 23.0 Å². The first-order chi connectivity index (χ1) is 9.63. The number of nitrogens with one attached hydrogen (secondary N) is 1. The third-order valence-electron chi connectivity index (χ3n) is 3.61. The number of hydrogen-bond donors (Lipinski definition) is 2. The lowest BCUT2D eigenvalue weighted by atomic mass is 10.1. The number of carbonyl (C=O) groups excluding carboxylic acids is 1. The van der Waals surface area contributed by atoms with E-state index in [4.69, 9.17) is 5.73 Å². The van der Waals surface area contributed by atoms with Crippen molar-refractivity contribution in [2.45, 2.75) is 19.3 Å². The quantitative estimate of drug-likeness (QED) is 0.823. The van der Waals surface area contributed by atoms with Crippen molar-refractivity contribution in [2.24, 2.45) is 0 Å². The van der Waals surface area contributed by atoms with E-state index >= 15 is 0 Å². The minimum Gasteiger partial charge on any atom is -0.398 e. The van der Waals surface area contributed by atoms with Crippen molar-refractivity contribution in [2.75, 3.05) is 11.1 Å². The molecular formula is C16H15BrN2O. The summed E-state index contributed by atoms with van der Waals surface area (Å²) in [5, 5.41) is 2.92. The van der Waals surface area contributed by atoms with Gasteiger partial charge in [0.25, 0.3) is 5.91 Å². The SMILES string of the molecule is Nc1cc(C(=O)Nc2ccc3c(c2)CCC3)ccc1Br. The van der Waals surface area contributed by atoms with Crippen molar-refractivity contribution < 1.29 is 4.79 Å². The van der Waals surface area contributed by atoms with E-state index in [0.29, 0.717) is 11.3 Å². The van der Waals surface area contributed by atoms with Gasteiger partial charge < -0.3 is 11.1 Å². The van der Waals surface area contributed by atoms with Crippen LogP contribution in [0.3, 0.4) is 0 Å². The third-order valence-corrected chi connectivity index (χ3v) is 4.34. The molecule has 0 fully saturated rings. The molecule has 0 spiro atoms. The molecule has 0 heterocycles. The molecule has 1 aliphatic carbocycles. The summed E-state index contributed by atoms with van der Waals surface area (Å²) in [7, 11) is 0. The van der Waals surface area contributed by atoms with Crippen molar-refractivity contribution in [3.8, 4) is 0 Å². The second-order valence-corrected chi connectivity index (χ2v) is 5.88. The van der Waals surface area contributed by atoms with Crippen LogP contribution in [0.4, 0.5) is 11.4 Å². The number of fused-ring (bicyclic) bond motifs is 1. The maximum atomic E-state index is 12.2. The van der Waals surface area contributed by atoms with Gasteiger partial charge in [-0.15, -0.1) is 0 Å². The minimum absolute atomic E-state index is 0.137. The average molecular weight is 331 g/mol. The second kappa shape index (κ2) is 5.29. The molecule has 1 aliphatic rings. The van der Waals surface area contributed by atoms with E-state index < -0.39 is 0 Å². The monoisotopic (exact) mass is 330 g/mol. The van der Waals surface area contributed by atoms with Crippen molar-refractivity contribution in [3.63, 3.8) is 0 Å². The molecule has 0 saturated heterocycles. The van der Waals surface area contributed by atoms with Gasteiger partial charge in [-0.1, -0.05) is 6.07 Å². The molecule has 0 atom stereocenters. The number of hydrogen-bond acceptors (Lipinski definition) is 2. The number of benzene rings is 2. The van der Waals surface area contributed by atoms with Gasteiger partial charge in [0.05, 0.1) is 0 Å². The summed E-state index contributed by atoms with van der Waals surface area (Å²) in [5.74, 6) is -0.137. The van der Waals surface area contributed by atoms with Gasteiger partial charge in [-0.05, 0) is 76.7 Å². The number of aryl methyl sites for hydroxylation is 2. The van der Waals surface area contributed by atoms with Gasteiger partial charge >= 0.3 is 0 Å². The molecule has 2 aromatic carbocycles. The maximum Gasteiger partial charge on any atom is 0.255 e. The largest absolute Gasteiger partial charge is 0.398 e. The van der Waals surface area contributed by atoms with Gasteiger partial charge in [0.2, 0.25) is 0 Å². The Morgan fingerprint density at radius 3 is 2.70 bits per heavy atom.